The largest absolute Gasteiger partial charge is 0.508 e. The number of ether oxygens (including phenoxy) is 1. The number of hydrogen-bond donors (Lipinski definition) is 2. The molecule has 2 heterocycles. The summed E-state index contributed by atoms with van der Waals surface area (Å²) in [5.74, 6) is -1.19. The van der Waals surface area contributed by atoms with Crippen LogP contribution < -0.4 is 9.64 Å². The van der Waals surface area contributed by atoms with E-state index in [4.69, 9.17) is 4.74 Å². The number of aliphatic hydroxyl groups is 1. The van der Waals surface area contributed by atoms with Crippen LogP contribution in [0.2, 0.25) is 0 Å². The summed E-state index contributed by atoms with van der Waals surface area (Å²) in [4.78, 5) is 32.8. The monoisotopic (exact) mass is 436 g/mol. The Morgan fingerprint density at radius 1 is 1.06 bits per heavy atom. The molecule has 1 fully saturated rings. The van der Waals surface area contributed by atoms with Crippen molar-refractivity contribution in [1.29, 1.82) is 0 Å². The Hall–Kier alpha value is -3.65. The van der Waals surface area contributed by atoms with E-state index in [0.717, 1.165) is 10.6 Å². The number of amides is 1. The lowest BCUT2D eigenvalue weighted by Crippen LogP contribution is -2.29. The quantitative estimate of drug-likeness (QED) is 0.363. The molecule has 2 aromatic carbocycles. The van der Waals surface area contributed by atoms with Gasteiger partial charge in [-0.05, 0) is 55.8 Å². The molecule has 0 radical (unpaired) electrons. The molecule has 0 saturated carbocycles. The SMILES string of the molecule is COc1ccc(/C(O)=C2/C(=O)C(=O)N(c3nc(C)c(C)s3)C2c2ccc(O)cc2)cc1. The number of carbonyl (C=O) groups is 2. The first-order valence-corrected chi connectivity index (χ1v) is 10.3. The molecule has 1 aliphatic rings. The predicted molar refractivity (Wildman–Crippen MR) is 117 cm³/mol. The maximum atomic E-state index is 13.1. The number of nitrogens with zero attached hydrogens (tertiary/aromatic N) is 2. The molecule has 1 aromatic heterocycles. The highest BCUT2D eigenvalue weighted by atomic mass is 32.1. The average molecular weight is 436 g/mol. The van der Waals surface area contributed by atoms with E-state index in [0.29, 0.717) is 22.0 Å². The van der Waals surface area contributed by atoms with Gasteiger partial charge in [0.05, 0.1) is 24.4 Å². The van der Waals surface area contributed by atoms with E-state index in [1.807, 2.05) is 13.8 Å². The number of aromatic nitrogens is 1. The third-order valence-corrected chi connectivity index (χ3v) is 6.31. The lowest BCUT2D eigenvalue weighted by molar-refractivity contribution is -0.132. The number of phenols is 1. The zero-order valence-corrected chi connectivity index (χ0v) is 17.9. The number of aromatic hydroxyl groups is 1. The number of aryl methyl sites for hydroxylation is 2. The molecule has 2 N–H and O–H groups in total. The number of Topliss-reactive ketones (excluding diaryl/α,β-unsaturated/α-hetero) is 1. The lowest BCUT2D eigenvalue weighted by Gasteiger charge is -2.23. The molecular formula is C23H20N2O5S. The fourth-order valence-corrected chi connectivity index (χ4v) is 4.40. The number of rotatable bonds is 4. The van der Waals surface area contributed by atoms with Gasteiger partial charge in [0.1, 0.15) is 17.3 Å². The molecule has 0 aliphatic carbocycles. The molecule has 1 atom stereocenters. The summed E-state index contributed by atoms with van der Waals surface area (Å²) < 4.78 is 5.15. The van der Waals surface area contributed by atoms with Crippen LogP contribution in [-0.2, 0) is 9.59 Å². The molecule has 3 aromatic rings. The number of methoxy groups -OCH3 is 1. The Balaban J connectivity index is 1.92. The van der Waals surface area contributed by atoms with Gasteiger partial charge in [0.15, 0.2) is 5.13 Å². The molecule has 8 heteroatoms. The summed E-state index contributed by atoms with van der Waals surface area (Å²) in [6.45, 7) is 3.72. The number of ketones is 1. The van der Waals surface area contributed by atoms with Crippen molar-refractivity contribution in [3.05, 3.63) is 75.8 Å². The van der Waals surface area contributed by atoms with Crippen molar-refractivity contribution in [1.82, 2.24) is 4.98 Å². The minimum Gasteiger partial charge on any atom is -0.508 e. The van der Waals surface area contributed by atoms with Crippen LogP contribution in [0.1, 0.15) is 27.7 Å². The van der Waals surface area contributed by atoms with Crippen LogP contribution >= 0.6 is 11.3 Å². The predicted octanol–water partition coefficient (Wildman–Crippen LogP) is 4.10. The van der Waals surface area contributed by atoms with Crippen molar-refractivity contribution >= 4 is 33.9 Å². The number of thiazole rings is 1. The number of benzene rings is 2. The Morgan fingerprint density at radius 3 is 2.26 bits per heavy atom. The second kappa shape index (κ2) is 7.88. The first kappa shape index (κ1) is 20.6. The van der Waals surface area contributed by atoms with Gasteiger partial charge < -0.3 is 14.9 Å². The number of hydrogen-bond acceptors (Lipinski definition) is 7. The molecule has 0 spiro atoms. The lowest BCUT2D eigenvalue weighted by atomic mass is 9.95. The molecule has 4 rings (SSSR count). The van der Waals surface area contributed by atoms with Crippen molar-refractivity contribution in [2.45, 2.75) is 19.9 Å². The fourth-order valence-electron chi connectivity index (χ4n) is 3.47. The van der Waals surface area contributed by atoms with Crippen molar-refractivity contribution in [3.63, 3.8) is 0 Å². The van der Waals surface area contributed by atoms with Crippen LogP contribution in [-0.4, -0.2) is 34.0 Å². The van der Waals surface area contributed by atoms with Crippen LogP contribution in [0.5, 0.6) is 11.5 Å². The van der Waals surface area contributed by atoms with Gasteiger partial charge in [-0.15, -0.1) is 11.3 Å². The zero-order valence-electron chi connectivity index (χ0n) is 17.1. The van der Waals surface area contributed by atoms with Crippen LogP contribution in [0.15, 0.2) is 54.1 Å². The number of carbonyl (C=O) groups excluding carboxylic acids is 2. The van der Waals surface area contributed by atoms with Gasteiger partial charge in [0.25, 0.3) is 5.78 Å². The molecule has 0 bridgehead atoms. The van der Waals surface area contributed by atoms with Crippen molar-refractivity contribution in [3.8, 4) is 11.5 Å². The fraction of sp³-hybridized carbons (Fsp3) is 0.174. The van der Waals surface area contributed by atoms with E-state index in [1.165, 1.54) is 35.5 Å². The smallest absolute Gasteiger partial charge is 0.301 e. The van der Waals surface area contributed by atoms with E-state index in [-0.39, 0.29) is 17.1 Å². The first-order valence-electron chi connectivity index (χ1n) is 9.50. The summed E-state index contributed by atoms with van der Waals surface area (Å²) in [6, 6.07) is 11.9. The van der Waals surface area contributed by atoms with E-state index in [2.05, 4.69) is 4.98 Å². The highest BCUT2D eigenvalue weighted by Gasteiger charge is 2.48. The van der Waals surface area contributed by atoms with Crippen LogP contribution in [0, 0.1) is 13.8 Å². The summed E-state index contributed by atoms with van der Waals surface area (Å²) >= 11 is 1.31. The minimum absolute atomic E-state index is 0.0358. The van der Waals surface area contributed by atoms with Gasteiger partial charge >= 0.3 is 5.91 Å². The van der Waals surface area contributed by atoms with Gasteiger partial charge in [-0.1, -0.05) is 12.1 Å². The Bertz CT molecular complexity index is 1180. The van der Waals surface area contributed by atoms with Crippen LogP contribution in [0.25, 0.3) is 5.76 Å². The van der Waals surface area contributed by atoms with Gasteiger partial charge in [-0.25, -0.2) is 4.98 Å². The molecular weight excluding hydrogens is 416 g/mol. The Kier molecular flexibility index (Phi) is 5.24. The van der Waals surface area contributed by atoms with Crippen molar-refractivity contribution < 1.29 is 24.5 Å². The molecule has 158 valence electrons. The maximum Gasteiger partial charge on any atom is 0.301 e. The topological polar surface area (TPSA) is 100.0 Å². The normalized spacial score (nSPS) is 17.9. The second-order valence-electron chi connectivity index (χ2n) is 7.13. The van der Waals surface area contributed by atoms with E-state index >= 15 is 0 Å². The standard InChI is InChI=1S/C23H20N2O5S/c1-12-13(2)31-23(24-12)25-19(14-4-8-16(26)9-5-14)18(21(28)22(25)29)20(27)15-6-10-17(30-3)11-7-15/h4-11,19,26-27H,1-3H3/b20-18-. The molecule has 31 heavy (non-hydrogen) atoms. The van der Waals surface area contributed by atoms with Crippen LogP contribution in [0.4, 0.5) is 5.13 Å². The Morgan fingerprint density at radius 2 is 1.71 bits per heavy atom. The zero-order chi connectivity index (χ0) is 22.3. The summed E-state index contributed by atoms with van der Waals surface area (Å²) in [7, 11) is 1.53. The molecule has 7 nitrogen and oxygen atoms in total. The minimum atomic E-state index is -0.882. The molecule has 1 unspecified atom stereocenters. The van der Waals surface area contributed by atoms with Gasteiger partial charge in [-0.3, -0.25) is 14.5 Å². The van der Waals surface area contributed by atoms with Crippen LogP contribution in [0.3, 0.4) is 0 Å². The third kappa shape index (κ3) is 3.55. The van der Waals surface area contributed by atoms with Crippen molar-refractivity contribution in [2.24, 2.45) is 0 Å². The van der Waals surface area contributed by atoms with Gasteiger partial charge in [0, 0.05) is 10.4 Å². The molecule has 1 saturated heterocycles. The Labute approximate surface area is 182 Å². The highest BCUT2D eigenvalue weighted by Crippen LogP contribution is 2.44. The summed E-state index contributed by atoms with van der Waals surface area (Å²) in [5, 5.41) is 21.1. The number of anilines is 1. The van der Waals surface area contributed by atoms with Gasteiger partial charge in [-0.2, -0.15) is 0 Å². The molecule has 1 amide bonds. The molecule has 1 aliphatic heterocycles. The summed E-state index contributed by atoms with van der Waals surface area (Å²) in [6.07, 6.45) is 0. The van der Waals surface area contributed by atoms with E-state index < -0.39 is 17.7 Å². The summed E-state index contributed by atoms with van der Waals surface area (Å²) in [5.41, 5.74) is 1.68. The number of aliphatic hydroxyl groups excluding tert-OH is 1. The average Bonchev–Trinajstić information content (AvgIpc) is 3.23. The highest BCUT2D eigenvalue weighted by molar-refractivity contribution is 7.16. The number of phenolic OH excluding ortho intramolecular Hbond substituents is 1. The van der Waals surface area contributed by atoms with E-state index in [1.54, 1.807) is 36.4 Å². The first-order chi connectivity index (χ1) is 14.8. The second-order valence-corrected chi connectivity index (χ2v) is 8.31. The van der Waals surface area contributed by atoms with E-state index in [9.17, 15) is 19.8 Å². The van der Waals surface area contributed by atoms with Gasteiger partial charge in [0.2, 0.25) is 0 Å². The third-order valence-electron chi connectivity index (χ3n) is 5.24. The van der Waals surface area contributed by atoms with Crippen molar-refractivity contribution in [2.75, 3.05) is 12.0 Å². The maximum absolute atomic E-state index is 13.1.